The fourth-order valence-electron chi connectivity index (χ4n) is 2.03. The van der Waals surface area contributed by atoms with E-state index in [1.54, 1.807) is 6.07 Å². The lowest BCUT2D eigenvalue weighted by Gasteiger charge is -2.05. The normalized spacial score (nSPS) is 10.8. The molecule has 7 heteroatoms. The van der Waals surface area contributed by atoms with E-state index in [0.717, 1.165) is 18.2 Å². The van der Waals surface area contributed by atoms with Crippen molar-refractivity contribution in [2.24, 2.45) is 0 Å². The summed E-state index contributed by atoms with van der Waals surface area (Å²) in [6.45, 7) is 0. The van der Waals surface area contributed by atoms with Crippen LogP contribution in [0.1, 0.15) is 15.9 Å². The van der Waals surface area contributed by atoms with E-state index in [1.807, 2.05) is 0 Å². The van der Waals surface area contributed by atoms with Gasteiger partial charge in [-0.3, -0.25) is 9.59 Å². The Bertz CT molecular complexity index is 924. The van der Waals surface area contributed by atoms with Gasteiger partial charge < -0.3 is 20.1 Å². The third kappa shape index (κ3) is 3.76. The first-order chi connectivity index (χ1) is 11.9. The van der Waals surface area contributed by atoms with Crippen LogP contribution in [0, 0.1) is 11.3 Å². The Kier molecular flexibility index (Phi) is 5.05. The number of carbonyl (C=O) groups is 2. The third-order valence-corrected chi connectivity index (χ3v) is 3.32. The zero-order chi connectivity index (χ0) is 18.6. The Hall–Kier alpha value is -3.79. The minimum Gasteiger partial charge on any atom is -0.504 e. The predicted octanol–water partition coefficient (Wildman–Crippen LogP) is 2.17. The van der Waals surface area contributed by atoms with Gasteiger partial charge in [-0.05, 0) is 42.0 Å². The van der Waals surface area contributed by atoms with Crippen LogP contribution in [0.2, 0.25) is 0 Å². The van der Waals surface area contributed by atoms with Crippen molar-refractivity contribution in [2.75, 3.05) is 7.11 Å². The number of methoxy groups -OCH3 is 1. The average molecular weight is 339 g/mol. The number of hydrogen-bond acceptors (Lipinski definition) is 7. The van der Waals surface area contributed by atoms with Gasteiger partial charge in [0.15, 0.2) is 23.0 Å². The minimum atomic E-state index is -1.07. The summed E-state index contributed by atoms with van der Waals surface area (Å²) < 4.78 is 4.85. The van der Waals surface area contributed by atoms with Gasteiger partial charge in [0.1, 0.15) is 11.6 Å². The number of hydrogen-bond donors (Lipinski definition) is 3. The van der Waals surface area contributed by atoms with Gasteiger partial charge in [-0.1, -0.05) is 6.07 Å². The lowest BCUT2D eigenvalue weighted by Crippen LogP contribution is -2.15. The fraction of sp³-hybridized carbons (Fsp3) is 0.0556. The van der Waals surface area contributed by atoms with Gasteiger partial charge in [-0.25, -0.2) is 0 Å². The van der Waals surface area contributed by atoms with Gasteiger partial charge in [-0.2, -0.15) is 5.26 Å². The molecule has 0 fully saturated rings. The lowest BCUT2D eigenvalue weighted by atomic mass is 10.00. The van der Waals surface area contributed by atoms with E-state index in [4.69, 9.17) is 10.00 Å². The molecule has 0 heterocycles. The lowest BCUT2D eigenvalue weighted by molar-refractivity contribution is -0.111. The second kappa shape index (κ2) is 7.19. The van der Waals surface area contributed by atoms with Gasteiger partial charge in [0, 0.05) is 5.56 Å². The zero-order valence-corrected chi connectivity index (χ0v) is 13.1. The maximum absolute atomic E-state index is 12.2. The van der Waals surface area contributed by atoms with Crippen LogP contribution < -0.4 is 4.74 Å². The topological polar surface area (TPSA) is 128 Å². The summed E-state index contributed by atoms with van der Waals surface area (Å²) in [6, 6.07) is 9.01. The molecule has 0 saturated carbocycles. The molecule has 2 rings (SSSR count). The number of benzene rings is 2. The molecule has 0 aliphatic heterocycles. The first-order valence-electron chi connectivity index (χ1n) is 6.97. The number of aromatic hydroxyl groups is 3. The molecule has 2 aromatic carbocycles. The van der Waals surface area contributed by atoms with Gasteiger partial charge in [-0.15, -0.1) is 0 Å². The standard InChI is InChI=1S/C18H13NO6/c1-25-16-5-3-11(8-15(16)22)17(23)18(24)12(9-19)6-10-2-4-13(20)14(21)7-10/h2-8,20-22H,1H3. The fourth-order valence-corrected chi connectivity index (χ4v) is 2.03. The summed E-state index contributed by atoms with van der Waals surface area (Å²) >= 11 is 0. The van der Waals surface area contributed by atoms with Crippen molar-refractivity contribution >= 4 is 17.6 Å². The van der Waals surface area contributed by atoms with E-state index < -0.39 is 22.9 Å². The number of Topliss-reactive ketones (excluding diaryl/α,β-unsaturated/α-hetero) is 2. The van der Waals surface area contributed by atoms with Crippen LogP contribution in [-0.2, 0) is 4.79 Å². The molecule has 0 spiro atoms. The third-order valence-electron chi connectivity index (χ3n) is 3.32. The Morgan fingerprint density at radius 1 is 1.04 bits per heavy atom. The first-order valence-corrected chi connectivity index (χ1v) is 6.97. The number of nitriles is 1. The molecule has 0 aliphatic rings. The van der Waals surface area contributed by atoms with E-state index in [-0.39, 0.29) is 28.4 Å². The Morgan fingerprint density at radius 2 is 1.76 bits per heavy atom. The molecular formula is C18H13NO6. The van der Waals surface area contributed by atoms with Gasteiger partial charge >= 0.3 is 0 Å². The summed E-state index contributed by atoms with van der Waals surface area (Å²) in [5.74, 6) is -3.00. The summed E-state index contributed by atoms with van der Waals surface area (Å²) in [7, 11) is 1.34. The highest BCUT2D eigenvalue weighted by molar-refractivity contribution is 6.50. The van der Waals surface area contributed by atoms with Crippen LogP contribution in [0.15, 0.2) is 42.0 Å². The van der Waals surface area contributed by atoms with E-state index in [0.29, 0.717) is 0 Å². The molecule has 2 aromatic rings. The molecular weight excluding hydrogens is 326 g/mol. The summed E-state index contributed by atoms with van der Waals surface area (Å²) in [5, 5.41) is 37.5. The monoisotopic (exact) mass is 339 g/mol. The van der Waals surface area contributed by atoms with Crippen molar-refractivity contribution in [3.8, 4) is 29.1 Å². The average Bonchev–Trinajstić information content (AvgIpc) is 2.61. The van der Waals surface area contributed by atoms with Gasteiger partial charge in [0.05, 0.1) is 7.11 Å². The van der Waals surface area contributed by atoms with Crippen LogP contribution in [-0.4, -0.2) is 34.0 Å². The maximum Gasteiger partial charge on any atom is 0.244 e. The van der Waals surface area contributed by atoms with Crippen molar-refractivity contribution in [1.82, 2.24) is 0 Å². The summed E-state index contributed by atoms with van der Waals surface area (Å²) in [5.41, 5.74) is -0.297. The van der Waals surface area contributed by atoms with Crippen molar-refractivity contribution in [2.45, 2.75) is 0 Å². The van der Waals surface area contributed by atoms with E-state index in [9.17, 15) is 24.9 Å². The van der Waals surface area contributed by atoms with Crippen molar-refractivity contribution in [3.63, 3.8) is 0 Å². The maximum atomic E-state index is 12.2. The van der Waals surface area contributed by atoms with Gasteiger partial charge in [0.25, 0.3) is 0 Å². The number of rotatable bonds is 5. The SMILES string of the molecule is COc1ccc(C(=O)C(=O)C(C#N)=Cc2ccc(O)c(O)c2)cc1O. The number of phenols is 3. The molecule has 0 aromatic heterocycles. The van der Waals surface area contributed by atoms with Crippen molar-refractivity contribution in [1.29, 1.82) is 5.26 Å². The van der Waals surface area contributed by atoms with Gasteiger partial charge in [0.2, 0.25) is 11.6 Å². The van der Waals surface area contributed by atoms with Crippen molar-refractivity contribution < 1.29 is 29.6 Å². The number of ether oxygens (including phenoxy) is 1. The Balaban J connectivity index is 2.34. The van der Waals surface area contributed by atoms with Crippen LogP contribution >= 0.6 is 0 Å². The predicted molar refractivity (Wildman–Crippen MR) is 87.4 cm³/mol. The van der Waals surface area contributed by atoms with E-state index in [2.05, 4.69) is 0 Å². The molecule has 126 valence electrons. The Morgan fingerprint density at radius 3 is 2.32 bits per heavy atom. The second-order valence-corrected chi connectivity index (χ2v) is 4.96. The number of nitrogens with zero attached hydrogens (tertiary/aromatic N) is 1. The largest absolute Gasteiger partial charge is 0.504 e. The van der Waals surface area contributed by atoms with Crippen LogP contribution in [0.5, 0.6) is 23.0 Å². The summed E-state index contributed by atoms with van der Waals surface area (Å²) in [6.07, 6.45) is 1.11. The highest BCUT2D eigenvalue weighted by Gasteiger charge is 2.22. The van der Waals surface area contributed by atoms with Crippen LogP contribution in [0.4, 0.5) is 0 Å². The number of carbonyl (C=O) groups excluding carboxylic acids is 2. The quantitative estimate of drug-likeness (QED) is 0.250. The molecule has 7 nitrogen and oxygen atoms in total. The smallest absolute Gasteiger partial charge is 0.244 e. The van der Waals surface area contributed by atoms with Crippen LogP contribution in [0.25, 0.3) is 6.08 Å². The van der Waals surface area contributed by atoms with E-state index in [1.165, 1.54) is 31.4 Å². The molecule has 25 heavy (non-hydrogen) atoms. The number of ketones is 2. The highest BCUT2D eigenvalue weighted by Crippen LogP contribution is 2.28. The molecule has 0 aliphatic carbocycles. The molecule has 0 saturated heterocycles. The highest BCUT2D eigenvalue weighted by atomic mass is 16.5. The number of allylic oxidation sites excluding steroid dienone is 1. The Labute approximate surface area is 142 Å². The second-order valence-electron chi connectivity index (χ2n) is 4.96. The minimum absolute atomic E-state index is 0.0991. The molecule has 0 bridgehead atoms. The zero-order valence-electron chi connectivity index (χ0n) is 13.1. The first kappa shape index (κ1) is 17.6. The molecule has 0 radical (unpaired) electrons. The molecule has 0 atom stereocenters. The summed E-state index contributed by atoms with van der Waals surface area (Å²) in [4.78, 5) is 24.5. The molecule has 3 N–H and O–H groups in total. The van der Waals surface area contributed by atoms with E-state index >= 15 is 0 Å². The molecule has 0 unspecified atom stereocenters. The number of phenolic OH excluding ortho intramolecular Hbond substituents is 3. The molecule has 0 amide bonds. The van der Waals surface area contributed by atoms with Crippen molar-refractivity contribution in [3.05, 3.63) is 53.1 Å². The van der Waals surface area contributed by atoms with Crippen LogP contribution in [0.3, 0.4) is 0 Å².